The van der Waals surface area contributed by atoms with Crippen LogP contribution in [0.25, 0.3) is 6.08 Å². The van der Waals surface area contributed by atoms with E-state index in [1.165, 1.54) is 14.9 Å². The topological polar surface area (TPSA) is 50.5 Å². The number of anilines is 1. The van der Waals surface area contributed by atoms with Crippen molar-refractivity contribution in [1.82, 2.24) is 9.55 Å². The fourth-order valence-corrected chi connectivity index (χ4v) is 3.86. The maximum atomic E-state index is 12.7. The van der Waals surface area contributed by atoms with E-state index >= 15 is 0 Å². The Kier molecular flexibility index (Phi) is 4.19. The normalized spacial score (nSPS) is 14.4. The van der Waals surface area contributed by atoms with E-state index in [-0.39, 0.29) is 5.56 Å². The van der Waals surface area contributed by atoms with Gasteiger partial charge in [0.25, 0.3) is 5.56 Å². The summed E-state index contributed by atoms with van der Waals surface area (Å²) in [7, 11) is 0. The van der Waals surface area contributed by atoms with Crippen molar-refractivity contribution in [2.45, 2.75) is 6.67 Å². The molecule has 4 rings (SSSR count). The molecule has 2 aromatic heterocycles. The number of fused-ring (bicyclic) bond motifs is 1. The average molecular weight is 448 g/mol. The van der Waals surface area contributed by atoms with Gasteiger partial charge in [0, 0.05) is 21.7 Å². The third kappa shape index (κ3) is 3.01. The van der Waals surface area contributed by atoms with Gasteiger partial charge < -0.3 is 4.90 Å². The molecule has 3 heterocycles. The van der Waals surface area contributed by atoms with Gasteiger partial charge in [0.2, 0.25) is 0 Å². The second kappa shape index (κ2) is 6.48. The van der Waals surface area contributed by atoms with Gasteiger partial charge in [-0.15, -0.1) is 0 Å². The van der Waals surface area contributed by atoms with Gasteiger partial charge in [0.15, 0.2) is 4.80 Å². The van der Waals surface area contributed by atoms with Crippen LogP contribution >= 0.6 is 33.9 Å². The molecule has 0 unspecified atom stereocenters. The van der Waals surface area contributed by atoms with Crippen molar-refractivity contribution in [2.75, 3.05) is 11.6 Å². The number of rotatable bonds is 2. The molecule has 24 heavy (non-hydrogen) atoms. The predicted octanol–water partition coefficient (Wildman–Crippen LogP) is 1.79. The number of hydrogen-bond acceptors (Lipinski definition) is 5. The lowest BCUT2D eigenvalue weighted by atomic mass is 10.2. The van der Waals surface area contributed by atoms with E-state index in [1.54, 1.807) is 17.0 Å². The molecular weight excluding hydrogens is 435 g/mol. The molecule has 120 valence electrons. The summed E-state index contributed by atoms with van der Waals surface area (Å²) in [5, 5.41) is 0. The minimum atomic E-state index is 0.00535. The van der Waals surface area contributed by atoms with Crippen LogP contribution in [-0.4, -0.2) is 16.2 Å². The molecule has 0 N–H and O–H groups in total. The van der Waals surface area contributed by atoms with Crippen LogP contribution in [0.15, 0.2) is 58.6 Å². The summed E-state index contributed by atoms with van der Waals surface area (Å²) in [6, 6.07) is 12.0. The molecule has 3 aromatic rings. The van der Waals surface area contributed by atoms with Crippen LogP contribution < -0.4 is 19.8 Å². The van der Waals surface area contributed by atoms with Gasteiger partial charge in [-0.3, -0.25) is 14.3 Å². The van der Waals surface area contributed by atoms with E-state index in [0.717, 1.165) is 16.1 Å². The van der Waals surface area contributed by atoms with Crippen molar-refractivity contribution < 1.29 is 0 Å². The van der Waals surface area contributed by atoms with Crippen LogP contribution in [0.5, 0.6) is 0 Å². The zero-order chi connectivity index (χ0) is 16.5. The minimum absolute atomic E-state index is 0.00535. The van der Waals surface area contributed by atoms with Crippen LogP contribution in [0.1, 0.15) is 5.56 Å². The second-order valence-electron chi connectivity index (χ2n) is 5.36. The summed E-state index contributed by atoms with van der Waals surface area (Å²) in [5.74, 6) is 0. The summed E-state index contributed by atoms with van der Waals surface area (Å²) in [6.07, 6.45) is 5.34. The number of pyridine rings is 1. The van der Waals surface area contributed by atoms with Crippen molar-refractivity contribution in [1.29, 1.82) is 0 Å². The van der Waals surface area contributed by atoms with Crippen molar-refractivity contribution in [3.63, 3.8) is 0 Å². The number of thiazole rings is 1. The fraction of sp³-hybridized carbons (Fsp3) is 0.118. The van der Waals surface area contributed by atoms with Crippen LogP contribution in [0.3, 0.4) is 0 Å². The Morgan fingerprint density at radius 3 is 2.62 bits per heavy atom. The number of halogens is 1. The summed E-state index contributed by atoms with van der Waals surface area (Å²) >= 11 is 3.72. The maximum Gasteiger partial charge on any atom is 0.271 e. The van der Waals surface area contributed by atoms with Crippen LogP contribution in [-0.2, 0) is 6.67 Å². The minimum Gasteiger partial charge on any atom is -0.334 e. The Balaban J connectivity index is 1.71. The summed E-state index contributed by atoms with van der Waals surface area (Å²) in [5.41, 5.74) is 2.05. The highest BCUT2D eigenvalue weighted by Crippen LogP contribution is 2.17. The SMILES string of the molecule is O=c1/c(=C/c2ccncc2)sc2n1CN(c1ccc(I)cc1)CN=2. The molecule has 0 atom stereocenters. The molecular formula is C17H13IN4OS. The quantitative estimate of drug-likeness (QED) is 0.562. The third-order valence-electron chi connectivity index (χ3n) is 3.77. The zero-order valence-corrected chi connectivity index (χ0v) is 15.6. The first kappa shape index (κ1) is 15.5. The van der Waals surface area contributed by atoms with E-state index in [2.05, 4.69) is 61.7 Å². The van der Waals surface area contributed by atoms with Gasteiger partial charge in [-0.05, 0) is 70.6 Å². The molecule has 1 aliphatic heterocycles. The van der Waals surface area contributed by atoms with Gasteiger partial charge in [0.1, 0.15) is 13.3 Å². The van der Waals surface area contributed by atoms with Gasteiger partial charge in [-0.2, -0.15) is 0 Å². The molecule has 1 aliphatic rings. The molecule has 0 radical (unpaired) electrons. The summed E-state index contributed by atoms with van der Waals surface area (Å²) < 4.78 is 3.62. The largest absolute Gasteiger partial charge is 0.334 e. The molecule has 1 aromatic carbocycles. The number of nitrogens with zero attached hydrogens (tertiary/aromatic N) is 4. The van der Waals surface area contributed by atoms with E-state index in [1.807, 2.05) is 18.2 Å². The van der Waals surface area contributed by atoms with Gasteiger partial charge in [0.05, 0.1) is 4.53 Å². The maximum absolute atomic E-state index is 12.7. The smallest absolute Gasteiger partial charge is 0.271 e. The lowest BCUT2D eigenvalue weighted by Gasteiger charge is -2.25. The Hall–Kier alpha value is -2.00. The lowest BCUT2D eigenvalue weighted by Crippen LogP contribution is -2.42. The van der Waals surface area contributed by atoms with Crippen LogP contribution in [0.4, 0.5) is 5.69 Å². The van der Waals surface area contributed by atoms with Gasteiger partial charge >= 0.3 is 0 Å². The van der Waals surface area contributed by atoms with Crippen molar-refractivity contribution in [3.05, 3.63) is 77.6 Å². The Labute approximate surface area is 155 Å². The van der Waals surface area contributed by atoms with Crippen molar-refractivity contribution in [2.24, 2.45) is 4.99 Å². The highest BCUT2D eigenvalue weighted by molar-refractivity contribution is 14.1. The fourth-order valence-electron chi connectivity index (χ4n) is 2.54. The van der Waals surface area contributed by atoms with E-state index in [4.69, 9.17) is 0 Å². The van der Waals surface area contributed by atoms with E-state index in [0.29, 0.717) is 17.9 Å². The molecule has 5 nitrogen and oxygen atoms in total. The number of aromatic nitrogens is 2. The van der Waals surface area contributed by atoms with Crippen LogP contribution in [0.2, 0.25) is 0 Å². The first-order valence-electron chi connectivity index (χ1n) is 7.37. The van der Waals surface area contributed by atoms with Gasteiger partial charge in [-0.25, -0.2) is 4.99 Å². The number of hydrogen-bond donors (Lipinski definition) is 0. The van der Waals surface area contributed by atoms with E-state index < -0.39 is 0 Å². The molecule has 0 spiro atoms. The number of benzene rings is 1. The molecule has 0 fully saturated rings. The summed E-state index contributed by atoms with van der Waals surface area (Å²) in [4.78, 5) is 24.1. The third-order valence-corrected chi connectivity index (χ3v) is 5.54. The van der Waals surface area contributed by atoms with Gasteiger partial charge in [-0.1, -0.05) is 11.3 Å². The first-order chi connectivity index (χ1) is 11.7. The molecule has 7 heteroatoms. The van der Waals surface area contributed by atoms with Crippen LogP contribution in [0, 0.1) is 3.57 Å². The lowest BCUT2D eigenvalue weighted by molar-refractivity contribution is 0.569. The molecule has 0 amide bonds. The van der Waals surface area contributed by atoms with Crippen molar-refractivity contribution in [3.8, 4) is 0 Å². The highest BCUT2D eigenvalue weighted by atomic mass is 127. The standard InChI is InChI=1S/C17H13IN4OS/c18-13-1-3-14(4-2-13)21-10-20-17-22(11-21)16(23)15(24-17)9-12-5-7-19-8-6-12/h1-9H,10-11H2/b15-9-. The Morgan fingerprint density at radius 1 is 1.12 bits per heavy atom. The second-order valence-corrected chi connectivity index (χ2v) is 7.62. The molecule has 0 bridgehead atoms. The van der Waals surface area contributed by atoms with E-state index in [9.17, 15) is 4.79 Å². The molecule has 0 saturated carbocycles. The molecule has 0 saturated heterocycles. The predicted molar refractivity (Wildman–Crippen MR) is 104 cm³/mol. The van der Waals surface area contributed by atoms with Crippen molar-refractivity contribution >= 4 is 45.7 Å². The average Bonchev–Trinajstić information content (AvgIpc) is 2.92. The highest BCUT2D eigenvalue weighted by Gasteiger charge is 2.15. The zero-order valence-electron chi connectivity index (χ0n) is 12.6. The monoisotopic (exact) mass is 448 g/mol. The first-order valence-corrected chi connectivity index (χ1v) is 9.27. The summed E-state index contributed by atoms with van der Waals surface area (Å²) in [6.45, 7) is 1.09. The Morgan fingerprint density at radius 2 is 1.88 bits per heavy atom. The molecule has 0 aliphatic carbocycles. The Bertz CT molecular complexity index is 1040.